The Bertz CT molecular complexity index is 735. The summed E-state index contributed by atoms with van der Waals surface area (Å²) in [6.07, 6.45) is 0.684. The van der Waals surface area contributed by atoms with Gasteiger partial charge in [-0.05, 0) is 43.2 Å². The van der Waals surface area contributed by atoms with Crippen molar-refractivity contribution in [1.29, 1.82) is 0 Å². The van der Waals surface area contributed by atoms with Crippen molar-refractivity contribution in [3.05, 3.63) is 53.8 Å². The maximum Gasteiger partial charge on any atom is 0.156 e. The molecule has 1 aromatic heterocycles. The fourth-order valence-corrected chi connectivity index (χ4v) is 4.14. The van der Waals surface area contributed by atoms with Crippen LogP contribution in [0.5, 0.6) is 0 Å². The standard InChI is InChI=1S/C16H15FN2S2/c1-10(18)8-11-6-7-14(12(17)9-11)20-16-19-13-4-2-3-5-15(13)21-16/h2-7,9-10H,8,18H2,1H3. The van der Waals surface area contributed by atoms with E-state index in [2.05, 4.69) is 4.98 Å². The van der Waals surface area contributed by atoms with E-state index in [-0.39, 0.29) is 11.9 Å². The van der Waals surface area contributed by atoms with Crippen molar-refractivity contribution >= 4 is 33.3 Å². The van der Waals surface area contributed by atoms with Gasteiger partial charge in [-0.3, -0.25) is 0 Å². The zero-order chi connectivity index (χ0) is 14.8. The monoisotopic (exact) mass is 318 g/mol. The third kappa shape index (κ3) is 3.43. The number of benzene rings is 2. The number of nitrogens with two attached hydrogens (primary N) is 1. The van der Waals surface area contributed by atoms with Crippen LogP contribution >= 0.6 is 23.1 Å². The van der Waals surface area contributed by atoms with Gasteiger partial charge in [-0.1, -0.05) is 30.0 Å². The molecule has 2 aromatic carbocycles. The average Bonchev–Trinajstić information content (AvgIpc) is 2.83. The van der Waals surface area contributed by atoms with Crippen LogP contribution in [0.3, 0.4) is 0 Å². The minimum Gasteiger partial charge on any atom is -0.328 e. The Balaban J connectivity index is 1.84. The van der Waals surface area contributed by atoms with Crippen LogP contribution in [0.2, 0.25) is 0 Å². The molecule has 0 aliphatic carbocycles. The third-order valence-electron chi connectivity index (χ3n) is 3.03. The molecule has 5 heteroatoms. The van der Waals surface area contributed by atoms with Gasteiger partial charge in [0.05, 0.1) is 15.1 Å². The van der Waals surface area contributed by atoms with Crippen molar-refractivity contribution in [3.8, 4) is 0 Å². The number of halogens is 1. The van der Waals surface area contributed by atoms with Crippen LogP contribution < -0.4 is 5.73 Å². The summed E-state index contributed by atoms with van der Waals surface area (Å²) in [6, 6.07) is 13.3. The Morgan fingerprint density at radius 2 is 2.10 bits per heavy atom. The van der Waals surface area contributed by atoms with Crippen molar-refractivity contribution in [2.75, 3.05) is 0 Å². The van der Waals surface area contributed by atoms with Crippen LogP contribution in [0.25, 0.3) is 10.2 Å². The number of aromatic nitrogens is 1. The largest absolute Gasteiger partial charge is 0.328 e. The van der Waals surface area contributed by atoms with Gasteiger partial charge >= 0.3 is 0 Å². The maximum absolute atomic E-state index is 14.2. The zero-order valence-electron chi connectivity index (χ0n) is 11.5. The van der Waals surface area contributed by atoms with Gasteiger partial charge in [-0.25, -0.2) is 9.37 Å². The van der Waals surface area contributed by atoms with E-state index in [1.165, 1.54) is 11.8 Å². The first kappa shape index (κ1) is 14.5. The van der Waals surface area contributed by atoms with Crippen molar-refractivity contribution in [1.82, 2.24) is 4.98 Å². The first-order valence-corrected chi connectivity index (χ1v) is 8.32. The molecule has 0 bridgehead atoms. The Morgan fingerprint density at radius 3 is 2.81 bits per heavy atom. The summed E-state index contributed by atoms with van der Waals surface area (Å²) in [5.41, 5.74) is 7.63. The van der Waals surface area contributed by atoms with Crippen LogP contribution in [-0.2, 0) is 6.42 Å². The van der Waals surface area contributed by atoms with Gasteiger partial charge in [-0.15, -0.1) is 11.3 Å². The molecule has 108 valence electrons. The van der Waals surface area contributed by atoms with Crippen LogP contribution in [0.4, 0.5) is 4.39 Å². The lowest BCUT2D eigenvalue weighted by molar-refractivity contribution is 0.597. The highest BCUT2D eigenvalue weighted by Crippen LogP contribution is 2.35. The first-order chi connectivity index (χ1) is 10.1. The second-order valence-electron chi connectivity index (χ2n) is 5.00. The first-order valence-electron chi connectivity index (χ1n) is 6.69. The molecular weight excluding hydrogens is 303 g/mol. The van der Waals surface area contributed by atoms with Gasteiger partial charge in [0.2, 0.25) is 0 Å². The molecule has 0 saturated heterocycles. The van der Waals surface area contributed by atoms with Crippen LogP contribution in [0, 0.1) is 5.82 Å². The van der Waals surface area contributed by atoms with E-state index < -0.39 is 0 Å². The number of para-hydroxylation sites is 1. The third-order valence-corrected chi connectivity index (χ3v) is 5.17. The number of thiazole rings is 1. The number of hydrogen-bond acceptors (Lipinski definition) is 4. The highest BCUT2D eigenvalue weighted by molar-refractivity contribution is 8.01. The summed E-state index contributed by atoms with van der Waals surface area (Å²) in [7, 11) is 0. The smallest absolute Gasteiger partial charge is 0.156 e. The van der Waals surface area contributed by atoms with E-state index >= 15 is 0 Å². The fourth-order valence-electron chi connectivity index (χ4n) is 2.11. The molecule has 0 fully saturated rings. The molecule has 0 spiro atoms. The van der Waals surface area contributed by atoms with Gasteiger partial charge in [-0.2, -0.15) is 0 Å². The van der Waals surface area contributed by atoms with Gasteiger partial charge < -0.3 is 5.73 Å². The van der Waals surface area contributed by atoms with Crippen molar-refractivity contribution < 1.29 is 4.39 Å². The maximum atomic E-state index is 14.2. The minimum absolute atomic E-state index is 0.0344. The lowest BCUT2D eigenvalue weighted by atomic mass is 10.1. The molecular formula is C16H15FN2S2. The van der Waals surface area contributed by atoms with E-state index in [0.29, 0.717) is 11.3 Å². The molecule has 1 unspecified atom stereocenters. The highest BCUT2D eigenvalue weighted by atomic mass is 32.2. The number of nitrogens with zero attached hydrogens (tertiary/aromatic N) is 1. The molecule has 0 amide bonds. The van der Waals surface area contributed by atoms with Crippen LogP contribution in [0.15, 0.2) is 51.7 Å². The second-order valence-corrected chi connectivity index (χ2v) is 7.32. The van der Waals surface area contributed by atoms with Gasteiger partial charge in [0.25, 0.3) is 0 Å². The fraction of sp³-hybridized carbons (Fsp3) is 0.188. The quantitative estimate of drug-likeness (QED) is 0.771. The zero-order valence-corrected chi connectivity index (χ0v) is 13.2. The van der Waals surface area contributed by atoms with Crippen LogP contribution in [0.1, 0.15) is 12.5 Å². The molecule has 0 aliphatic heterocycles. The Kier molecular flexibility index (Phi) is 4.24. The SMILES string of the molecule is CC(N)Cc1ccc(Sc2nc3ccccc3s2)c(F)c1. The molecule has 3 rings (SSSR count). The second kappa shape index (κ2) is 6.13. The molecule has 3 aromatic rings. The molecule has 2 nitrogen and oxygen atoms in total. The minimum atomic E-state index is -0.211. The van der Waals surface area contributed by atoms with Crippen molar-refractivity contribution in [2.45, 2.75) is 28.6 Å². The topological polar surface area (TPSA) is 38.9 Å². The van der Waals surface area contributed by atoms with E-state index in [9.17, 15) is 4.39 Å². The van der Waals surface area contributed by atoms with Crippen molar-refractivity contribution in [3.63, 3.8) is 0 Å². The summed E-state index contributed by atoms with van der Waals surface area (Å²) < 4.78 is 16.1. The number of rotatable bonds is 4. The molecule has 0 radical (unpaired) electrons. The normalized spacial score (nSPS) is 12.7. The summed E-state index contributed by atoms with van der Waals surface area (Å²) in [5, 5.41) is 0. The Hall–Kier alpha value is -1.43. The lowest BCUT2D eigenvalue weighted by Gasteiger charge is -2.07. The van der Waals surface area contributed by atoms with E-state index in [1.54, 1.807) is 17.4 Å². The molecule has 1 atom stereocenters. The summed E-state index contributed by atoms with van der Waals surface area (Å²) in [5.74, 6) is -0.211. The van der Waals surface area contributed by atoms with Gasteiger partial charge in [0.15, 0.2) is 4.34 Å². The lowest BCUT2D eigenvalue weighted by Crippen LogP contribution is -2.17. The Morgan fingerprint density at radius 1 is 1.29 bits per heavy atom. The predicted octanol–water partition coefficient (Wildman–Crippen LogP) is 4.48. The van der Waals surface area contributed by atoms with E-state index in [4.69, 9.17) is 5.73 Å². The molecule has 0 aliphatic rings. The average molecular weight is 318 g/mol. The summed E-state index contributed by atoms with van der Waals surface area (Å²) in [6.45, 7) is 1.92. The predicted molar refractivity (Wildman–Crippen MR) is 87.5 cm³/mol. The molecule has 21 heavy (non-hydrogen) atoms. The van der Waals surface area contributed by atoms with Crippen LogP contribution in [-0.4, -0.2) is 11.0 Å². The van der Waals surface area contributed by atoms with Crippen molar-refractivity contribution in [2.24, 2.45) is 5.73 Å². The summed E-state index contributed by atoms with van der Waals surface area (Å²) >= 11 is 2.95. The highest BCUT2D eigenvalue weighted by Gasteiger charge is 2.10. The van der Waals surface area contributed by atoms with E-state index in [1.807, 2.05) is 43.3 Å². The number of hydrogen-bond donors (Lipinski definition) is 1. The summed E-state index contributed by atoms with van der Waals surface area (Å²) in [4.78, 5) is 5.11. The Labute approximate surface area is 131 Å². The molecule has 1 heterocycles. The van der Waals surface area contributed by atoms with Gasteiger partial charge in [0, 0.05) is 6.04 Å². The molecule has 0 saturated carbocycles. The molecule has 2 N–H and O–H groups in total. The number of fused-ring (bicyclic) bond motifs is 1. The van der Waals surface area contributed by atoms with Gasteiger partial charge in [0.1, 0.15) is 5.82 Å². The van der Waals surface area contributed by atoms with E-state index in [0.717, 1.165) is 20.1 Å².